The molecule has 1 aliphatic carbocycles. The minimum Gasteiger partial charge on any atom is -0.469 e. The van der Waals surface area contributed by atoms with E-state index < -0.39 is 5.54 Å². The molecule has 1 fully saturated rings. The van der Waals surface area contributed by atoms with Crippen molar-refractivity contribution in [3.63, 3.8) is 0 Å². The Kier molecular flexibility index (Phi) is 4.32. The molecule has 20 heavy (non-hydrogen) atoms. The number of oxime groups is 1. The molecule has 0 bridgehead atoms. The van der Waals surface area contributed by atoms with Crippen molar-refractivity contribution in [1.82, 2.24) is 5.32 Å². The van der Waals surface area contributed by atoms with Crippen LogP contribution in [0.1, 0.15) is 54.6 Å². The Morgan fingerprint density at radius 1 is 1.40 bits per heavy atom. The SMILES string of the molecule is Cc1cc(C(=O)NC2(C(N)=NO)CCCCCC2)co1. The second-order valence-electron chi connectivity index (χ2n) is 5.38. The number of nitrogens with two attached hydrogens (primary N) is 1. The predicted octanol–water partition coefficient (Wildman–Crippen LogP) is 2.16. The van der Waals surface area contributed by atoms with Gasteiger partial charge in [-0.15, -0.1) is 0 Å². The van der Waals surface area contributed by atoms with Crippen molar-refractivity contribution in [3.05, 3.63) is 23.7 Å². The fourth-order valence-electron chi connectivity index (χ4n) is 2.73. The number of carbonyl (C=O) groups is 1. The highest BCUT2D eigenvalue weighted by Crippen LogP contribution is 2.28. The lowest BCUT2D eigenvalue weighted by Gasteiger charge is -2.32. The highest BCUT2D eigenvalue weighted by molar-refractivity contribution is 6.00. The number of carbonyl (C=O) groups excluding carboxylic acids is 1. The third kappa shape index (κ3) is 2.95. The van der Waals surface area contributed by atoms with Gasteiger partial charge in [-0.1, -0.05) is 30.8 Å². The Morgan fingerprint density at radius 3 is 2.55 bits per heavy atom. The summed E-state index contributed by atoms with van der Waals surface area (Å²) in [5.74, 6) is 0.497. The summed E-state index contributed by atoms with van der Waals surface area (Å²) < 4.78 is 5.15. The number of nitrogens with one attached hydrogen (secondary N) is 1. The van der Waals surface area contributed by atoms with Gasteiger partial charge in [0.1, 0.15) is 17.6 Å². The quantitative estimate of drug-likeness (QED) is 0.259. The Hall–Kier alpha value is -1.98. The van der Waals surface area contributed by atoms with Crippen LogP contribution >= 0.6 is 0 Å². The zero-order valence-electron chi connectivity index (χ0n) is 11.7. The van der Waals surface area contributed by atoms with Gasteiger partial charge in [-0.25, -0.2) is 0 Å². The van der Waals surface area contributed by atoms with E-state index in [2.05, 4.69) is 10.5 Å². The average molecular weight is 279 g/mol. The number of rotatable bonds is 3. The van der Waals surface area contributed by atoms with Crippen molar-refractivity contribution < 1.29 is 14.4 Å². The molecule has 0 unspecified atom stereocenters. The van der Waals surface area contributed by atoms with Gasteiger partial charge in [-0.05, 0) is 25.8 Å². The van der Waals surface area contributed by atoms with Crippen LogP contribution in [-0.2, 0) is 0 Å². The molecule has 6 heteroatoms. The van der Waals surface area contributed by atoms with Crippen LogP contribution in [0.25, 0.3) is 0 Å². The molecule has 6 nitrogen and oxygen atoms in total. The number of hydrogen-bond donors (Lipinski definition) is 3. The number of nitrogens with zero attached hydrogens (tertiary/aromatic N) is 1. The number of amides is 1. The fraction of sp³-hybridized carbons (Fsp3) is 0.571. The van der Waals surface area contributed by atoms with Crippen molar-refractivity contribution >= 4 is 11.7 Å². The second-order valence-corrected chi connectivity index (χ2v) is 5.38. The minimum absolute atomic E-state index is 0.0768. The molecule has 4 N–H and O–H groups in total. The van der Waals surface area contributed by atoms with E-state index in [9.17, 15) is 4.79 Å². The first-order chi connectivity index (χ1) is 9.57. The molecule has 0 aliphatic heterocycles. The zero-order chi connectivity index (χ0) is 14.6. The molecule has 1 aromatic rings. The third-order valence-corrected chi connectivity index (χ3v) is 3.90. The van der Waals surface area contributed by atoms with Gasteiger partial charge in [0.05, 0.1) is 5.56 Å². The molecular weight excluding hydrogens is 258 g/mol. The van der Waals surface area contributed by atoms with Crippen LogP contribution < -0.4 is 11.1 Å². The van der Waals surface area contributed by atoms with Crippen LogP contribution in [0.15, 0.2) is 21.9 Å². The molecule has 0 saturated heterocycles. The van der Waals surface area contributed by atoms with Crippen LogP contribution in [0.5, 0.6) is 0 Å². The van der Waals surface area contributed by atoms with Gasteiger partial charge >= 0.3 is 0 Å². The van der Waals surface area contributed by atoms with Gasteiger partial charge in [0.15, 0.2) is 5.84 Å². The van der Waals surface area contributed by atoms with Gasteiger partial charge in [-0.2, -0.15) is 0 Å². The lowest BCUT2D eigenvalue weighted by Crippen LogP contribution is -2.57. The van der Waals surface area contributed by atoms with Crippen molar-refractivity contribution in [2.75, 3.05) is 0 Å². The van der Waals surface area contributed by atoms with E-state index in [1.165, 1.54) is 6.26 Å². The lowest BCUT2D eigenvalue weighted by molar-refractivity contribution is 0.0914. The zero-order valence-corrected chi connectivity index (χ0v) is 11.7. The molecule has 1 aromatic heterocycles. The van der Waals surface area contributed by atoms with Crippen LogP contribution in [0, 0.1) is 6.92 Å². The van der Waals surface area contributed by atoms with Gasteiger partial charge < -0.3 is 20.7 Å². The summed E-state index contributed by atoms with van der Waals surface area (Å²) in [7, 11) is 0. The highest BCUT2D eigenvalue weighted by atomic mass is 16.4. The number of furan rings is 1. The van der Waals surface area contributed by atoms with Crippen molar-refractivity contribution in [3.8, 4) is 0 Å². The number of aryl methyl sites for hydroxylation is 1. The van der Waals surface area contributed by atoms with E-state index in [4.69, 9.17) is 15.4 Å². The normalized spacial score (nSPS) is 19.4. The lowest BCUT2D eigenvalue weighted by atomic mass is 9.88. The minimum atomic E-state index is -0.756. The molecule has 1 saturated carbocycles. The Labute approximate surface area is 118 Å². The molecule has 2 rings (SSSR count). The Balaban J connectivity index is 2.21. The summed E-state index contributed by atoms with van der Waals surface area (Å²) in [6.07, 6.45) is 6.88. The van der Waals surface area contributed by atoms with Gasteiger partial charge in [0.2, 0.25) is 0 Å². The fourth-order valence-corrected chi connectivity index (χ4v) is 2.73. The second kappa shape index (κ2) is 5.98. The molecule has 1 aliphatic rings. The van der Waals surface area contributed by atoms with Gasteiger partial charge in [-0.3, -0.25) is 4.79 Å². The summed E-state index contributed by atoms with van der Waals surface area (Å²) in [4.78, 5) is 12.3. The van der Waals surface area contributed by atoms with E-state index >= 15 is 0 Å². The molecular formula is C14H21N3O3. The van der Waals surface area contributed by atoms with Gasteiger partial charge in [0.25, 0.3) is 5.91 Å². The number of amidine groups is 1. The summed E-state index contributed by atoms with van der Waals surface area (Å²) in [6.45, 7) is 1.78. The number of hydrogen-bond acceptors (Lipinski definition) is 4. The van der Waals surface area contributed by atoms with Crippen molar-refractivity contribution in [2.24, 2.45) is 10.9 Å². The maximum absolute atomic E-state index is 12.3. The molecule has 0 radical (unpaired) electrons. The first-order valence-corrected chi connectivity index (χ1v) is 6.93. The van der Waals surface area contributed by atoms with Crippen LogP contribution in [0.4, 0.5) is 0 Å². The smallest absolute Gasteiger partial charge is 0.255 e. The molecule has 0 aromatic carbocycles. The summed E-state index contributed by atoms with van der Waals surface area (Å²) >= 11 is 0. The molecule has 1 heterocycles. The first-order valence-electron chi connectivity index (χ1n) is 6.93. The molecule has 110 valence electrons. The standard InChI is InChI=1S/C14H21N3O3/c1-10-8-11(9-20-10)12(18)16-14(13(15)17-19)6-4-2-3-5-7-14/h8-9,19H,2-7H2,1H3,(H2,15,17)(H,16,18). The van der Waals surface area contributed by atoms with Crippen molar-refractivity contribution in [1.29, 1.82) is 0 Å². The summed E-state index contributed by atoms with van der Waals surface area (Å²) in [5.41, 5.74) is 5.54. The van der Waals surface area contributed by atoms with Gasteiger partial charge in [0, 0.05) is 0 Å². The highest BCUT2D eigenvalue weighted by Gasteiger charge is 2.37. The molecule has 0 spiro atoms. The van der Waals surface area contributed by atoms with E-state index in [1.54, 1.807) is 13.0 Å². The maximum Gasteiger partial charge on any atom is 0.255 e. The largest absolute Gasteiger partial charge is 0.469 e. The van der Waals surface area contributed by atoms with E-state index in [-0.39, 0.29) is 11.7 Å². The first kappa shape index (κ1) is 14.4. The Morgan fingerprint density at radius 2 is 2.05 bits per heavy atom. The molecule has 1 amide bonds. The van der Waals surface area contributed by atoms with Crippen LogP contribution in [0.2, 0.25) is 0 Å². The van der Waals surface area contributed by atoms with E-state index in [0.29, 0.717) is 24.2 Å². The predicted molar refractivity (Wildman–Crippen MR) is 74.8 cm³/mol. The monoisotopic (exact) mass is 279 g/mol. The maximum atomic E-state index is 12.3. The van der Waals surface area contributed by atoms with Crippen LogP contribution in [0.3, 0.4) is 0 Å². The van der Waals surface area contributed by atoms with Crippen molar-refractivity contribution in [2.45, 2.75) is 51.0 Å². The van der Waals surface area contributed by atoms with E-state index in [0.717, 1.165) is 25.7 Å². The van der Waals surface area contributed by atoms with Crippen LogP contribution in [-0.4, -0.2) is 22.5 Å². The topological polar surface area (TPSA) is 101 Å². The third-order valence-electron chi connectivity index (χ3n) is 3.90. The van der Waals surface area contributed by atoms with E-state index in [1.807, 2.05) is 0 Å². The Bertz CT molecular complexity index is 500. The summed E-state index contributed by atoms with van der Waals surface area (Å²) in [5, 5.41) is 15.1. The summed E-state index contributed by atoms with van der Waals surface area (Å²) in [6, 6.07) is 1.67. The molecule has 0 atom stereocenters. The average Bonchev–Trinajstić information content (AvgIpc) is 2.74.